The molecular formula is C57H81N21O7. The molecule has 6 aromatic rings. The molecule has 28 nitrogen and oxygen atoms in total. The Bertz CT molecular complexity index is 3320. The molecule has 0 radical (unpaired) electrons. The Kier molecular flexibility index (Phi) is 24.4. The molecule has 0 aliphatic carbocycles. The van der Waals surface area contributed by atoms with Crippen LogP contribution in [0.5, 0.6) is 0 Å². The van der Waals surface area contributed by atoms with E-state index in [-0.39, 0.29) is 95.3 Å². The van der Waals surface area contributed by atoms with Crippen LogP contribution in [0, 0.1) is 0 Å². The van der Waals surface area contributed by atoms with E-state index in [1.54, 1.807) is 18.6 Å². The molecule has 0 bridgehead atoms. The second kappa shape index (κ2) is 32.2. The molecule has 7 atom stereocenters. The van der Waals surface area contributed by atoms with E-state index in [4.69, 9.17) is 51.6 Å². The van der Waals surface area contributed by atoms with E-state index in [1.807, 2.05) is 72.8 Å². The number of carbonyl (C=O) groups is 7. The molecule has 0 saturated heterocycles. The number of aromatic amines is 3. The maximum absolute atomic E-state index is 15.0. The molecule has 0 unspecified atom stereocenters. The predicted octanol–water partition coefficient (Wildman–Crippen LogP) is -1.83. The Morgan fingerprint density at radius 3 is 1.04 bits per heavy atom. The van der Waals surface area contributed by atoms with Crippen molar-refractivity contribution in [3.05, 3.63) is 108 Å². The lowest BCUT2D eigenvalue weighted by Gasteiger charge is -2.28. The SMILES string of the molecule is NCCCC[C@H](N)C(=O)N[C@@H](CCCN=C(N)N)C(=O)N[C@@H](Cc1c[nH]c2ccccc12)C(=O)N[C@@H](CCCN=C(N)N)C(=O)N[C@@H](Cc1c[nH]c2ccccc12)C(=O)N[C@@H](CCCN=C(N)N)C(=O)N[C@@H](Cc1c[nH]c2ccccc12)C(N)=O. The average molecular weight is 1170 g/mol. The highest BCUT2D eigenvalue weighted by Crippen LogP contribution is 2.23. The molecule has 28 heteroatoms. The molecule has 7 amide bonds. The van der Waals surface area contributed by atoms with Crippen LogP contribution in [0.2, 0.25) is 0 Å². The second-order valence-electron chi connectivity index (χ2n) is 20.7. The van der Waals surface area contributed by atoms with Gasteiger partial charge in [0.25, 0.3) is 0 Å². The van der Waals surface area contributed by atoms with Crippen molar-refractivity contribution in [3.63, 3.8) is 0 Å². The van der Waals surface area contributed by atoms with Gasteiger partial charge in [-0.25, -0.2) is 0 Å². The topological polar surface area (TPSA) is 510 Å². The fraction of sp³-hybridized carbons (Fsp3) is 0.404. The number of hydrogen-bond acceptors (Lipinski definition) is 12. The number of aliphatic imine (C=N–C) groups is 3. The maximum Gasteiger partial charge on any atom is 0.243 e. The number of fused-ring (bicyclic) bond motifs is 3. The lowest BCUT2D eigenvalue weighted by Crippen LogP contribution is -2.60. The smallest absolute Gasteiger partial charge is 0.243 e. The number of aromatic nitrogens is 3. The number of amides is 7. The number of nitrogens with two attached hydrogens (primary N) is 9. The van der Waals surface area contributed by atoms with Gasteiger partial charge in [-0.1, -0.05) is 61.0 Å². The molecule has 3 aromatic heterocycles. The third-order valence-electron chi connectivity index (χ3n) is 14.3. The molecular weight excluding hydrogens is 1090 g/mol. The zero-order chi connectivity index (χ0) is 61.4. The van der Waals surface area contributed by atoms with Gasteiger partial charge >= 0.3 is 0 Å². The first-order chi connectivity index (χ1) is 40.8. The normalized spacial score (nSPS) is 13.7. The minimum absolute atomic E-state index is 0.0180. The van der Waals surface area contributed by atoms with E-state index in [1.165, 1.54) is 0 Å². The van der Waals surface area contributed by atoms with Crippen LogP contribution in [-0.2, 0) is 52.8 Å². The fourth-order valence-corrected chi connectivity index (χ4v) is 9.80. The monoisotopic (exact) mass is 1170 g/mol. The lowest BCUT2D eigenvalue weighted by molar-refractivity contribution is -0.135. The highest BCUT2D eigenvalue weighted by molar-refractivity contribution is 5.98. The van der Waals surface area contributed by atoms with Crippen molar-refractivity contribution in [2.24, 2.45) is 66.6 Å². The van der Waals surface area contributed by atoms with Gasteiger partial charge in [-0.3, -0.25) is 48.5 Å². The highest BCUT2D eigenvalue weighted by Gasteiger charge is 2.35. The van der Waals surface area contributed by atoms with Crippen LogP contribution in [0.1, 0.15) is 74.5 Å². The number of nitrogens with one attached hydrogen (secondary N) is 9. The molecule has 0 aliphatic heterocycles. The first-order valence-corrected chi connectivity index (χ1v) is 28.2. The predicted molar refractivity (Wildman–Crippen MR) is 327 cm³/mol. The zero-order valence-electron chi connectivity index (χ0n) is 47.4. The average Bonchev–Trinajstić information content (AvgIpc) is 4.42. The van der Waals surface area contributed by atoms with Crippen LogP contribution >= 0.6 is 0 Å². The van der Waals surface area contributed by atoms with Gasteiger partial charge in [-0.05, 0) is 92.8 Å². The highest BCUT2D eigenvalue weighted by atomic mass is 16.2. The quantitative estimate of drug-likeness (QED) is 0.0118. The van der Waals surface area contributed by atoms with Gasteiger partial charge in [0.2, 0.25) is 41.4 Å². The Balaban J connectivity index is 1.32. The summed E-state index contributed by atoms with van der Waals surface area (Å²) in [5.41, 5.74) is 55.7. The van der Waals surface area contributed by atoms with E-state index < -0.39 is 83.6 Å². The van der Waals surface area contributed by atoms with Crippen LogP contribution in [-0.4, -0.2) is 143 Å². The van der Waals surface area contributed by atoms with Crippen molar-refractivity contribution in [1.29, 1.82) is 0 Å². The molecule has 85 heavy (non-hydrogen) atoms. The van der Waals surface area contributed by atoms with Crippen molar-refractivity contribution >= 4 is 91.9 Å². The summed E-state index contributed by atoms with van der Waals surface area (Å²) in [6, 6.07) is 13.1. The zero-order valence-corrected chi connectivity index (χ0v) is 47.4. The molecule has 3 heterocycles. The number of nitrogens with zero attached hydrogens (tertiary/aromatic N) is 3. The summed E-state index contributed by atoms with van der Waals surface area (Å²) in [6.45, 7) is 0.641. The van der Waals surface area contributed by atoms with E-state index in [9.17, 15) is 24.0 Å². The molecule has 0 aliphatic rings. The van der Waals surface area contributed by atoms with Gasteiger partial charge in [-0.2, -0.15) is 0 Å². The number of hydrogen-bond donors (Lipinski definition) is 18. The molecule has 6 rings (SSSR count). The van der Waals surface area contributed by atoms with Crippen molar-refractivity contribution in [1.82, 2.24) is 46.9 Å². The van der Waals surface area contributed by atoms with E-state index >= 15 is 9.59 Å². The van der Waals surface area contributed by atoms with E-state index in [0.29, 0.717) is 42.5 Å². The van der Waals surface area contributed by atoms with Crippen LogP contribution < -0.4 is 83.5 Å². The van der Waals surface area contributed by atoms with Crippen LogP contribution in [0.15, 0.2) is 106 Å². The summed E-state index contributed by atoms with van der Waals surface area (Å²) in [7, 11) is 0. The first-order valence-electron chi connectivity index (χ1n) is 28.2. The van der Waals surface area contributed by atoms with Crippen molar-refractivity contribution < 1.29 is 33.6 Å². The molecule has 456 valence electrons. The minimum atomic E-state index is -1.43. The second-order valence-corrected chi connectivity index (χ2v) is 20.7. The Labute approximate surface area is 490 Å². The number of benzene rings is 3. The summed E-state index contributed by atoms with van der Waals surface area (Å²) in [5.74, 6) is -5.95. The standard InChI is InChI=1S/C57H81N21O7/c58-22-8-7-15-38(59)49(80)73-42(19-9-23-67-55(61)62)51(82)77-46(27-33-30-71-40-17-5-2-13-36(33)40)54(85)75-44(21-11-25-69-57(65)66)52(83)78-47(28-34-31-72-41-18-6-3-14-37(34)41)53(84)74-43(20-10-24-68-56(63)64)50(81)76-45(48(60)79)26-32-29-70-39-16-4-1-12-35(32)39/h1-6,12-14,16-18,29-31,38,42-47,70-72H,7-11,15,19-28,58-59H2,(H2,60,79)(H,73,80)(H,74,84)(H,75,85)(H,76,81)(H,77,82)(H,78,83)(H4,61,62,67)(H4,63,64,68)(H4,65,66,69)/t38-,42-,43-,44-,45-,46-,47-/m0/s1. The Hall–Kier alpha value is -9.70. The lowest BCUT2D eigenvalue weighted by atomic mass is 10.0. The van der Waals surface area contributed by atoms with Crippen molar-refractivity contribution in [2.45, 2.75) is 119 Å². The summed E-state index contributed by atoms with van der Waals surface area (Å²) < 4.78 is 0. The van der Waals surface area contributed by atoms with E-state index in [0.717, 1.165) is 32.7 Å². The van der Waals surface area contributed by atoms with Gasteiger partial charge in [0, 0.05) is 90.2 Å². The van der Waals surface area contributed by atoms with Crippen LogP contribution in [0.3, 0.4) is 0 Å². The molecule has 0 saturated carbocycles. The van der Waals surface area contributed by atoms with E-state index in [2.05, 4.69) is 61.8 Å². The summed E-state index contributed by atoms with van der Waals surface area (Å²) in [6.07, 6.45) is 6.89. The molecule has 0 fully saturated rings. The van der Waals surface area contributed by atoms with Gasteiger partial charge in [0.05, 0.1) is 6.04 Å². The van der Waals surface area contributed by atoms with Gasteiger partial charge < -0.3 is 98.5 Å². The van der Waals surface area contributed by atoms with Gasteiger partial charge in [0.1, 0.15) is 36.3 Å². The molecule has 27 N–H and O–H groups in total. The number of para-hydroxylation sites is 3. The van der Waals surface area contributed by atoms with Crippen LogP contribution in [0.25, 0.3) is 32.7 Å². The molecule has 3 aromatic carbocycles. The third kappa shape index (κ3) is 19.7. The number of rotatable bonds is 35. The van der Waals surface area contributed by atoms with Crippen molar-refractivity contribution in [3.8, 4) is 0 Å². The summed E-state index contributed by atoms with van der Waals surface area (Å²) in [5, 5.41) is 19.1. The maximum atomic E-state index is 15.0. The Morgan fingerprint density at radius 2 is 0.694 bits per heavy atom. The largest absolute Gasteiger partial charge is 0.370 e. The Morgan fingerprint density at radius 1 is 0.388 bits per heavy atom. The van der Waals surface area contributed by atoms with Gasteiger partial charge in [-0.15, -0.1) is 0 Å². The summed E-state index contributed by atoms with van der Waals surface area (Å²) in [4.78, 5) is 122. The fourth-order valence-electron chi connectivity index (χ4n) is 9.80. The number of carbonyl (C=O) groups excluding carboxylic acids is 7. The number of primary amides is 1. The number of unbranched alkanes of at least 4 members (excludes halogenated alkanes) is 1. The third-order valence-corrected chi connectivity index (χ3v) is 14.3. The van der Waals surface area contributed by atoms with Crippen LogP contribution in [0.4, 0.5) is 0 Å². The minimum Gasteiger partial charge on any atom is -0.370 e. The summed E-state index contributed by atoms with van der Waals surface area (Å²) >= 11 is 0. The number of guanidine groups is 3. The van der Waals surface area contributed by atoms with Crippen molar-refractivity contribution in [2.75, 3.05) is 26.2 Å². The number of H-pyrrole nitrogens is 3. The first kappa shape index (κ1) is 64.5. The molecule has 0 spiro atoms. The van der Waals surface area contributed by atoms with Gasteiger partial charge in [0.15, 0.2) is 17.9 Å².